The highest BCUT2D eigenvalue weighted by atomic mass is 35.5. The Morgan fingerprint density at radius 2 is 1.97 bits per heavy atom. The molecular weight excluding hydrogens is 472 g/mol. The summed E-state index contributed by atoms with van der Waals surface area (Å²) in [5, 5.41) is 25.7. The lowest BCUT2D eigenvalue weighted by molar-refractivity contribution is -0.138. The normalized spacial score (nSPS) is 22.7. The molecule has 36 heavy (non-hydrogen) atoms. The molecular formula is C30H49ClN2O3. The molecule has 1 aromatic carbocycles. The quantitative estimate of drug-likeness (QED) is 0.283. The van der Waals surface area contributed by atoms with Crippen molar-refractivity contribution in [2.24, 2.45) is 17.8 Å². The van der Waals surface area contributed by atoms with Gasteiger partial charge in [-0.1, -0.05) is 68.7 Å². The molecule has 3 rings (SSSR count). The van der Waals surface area contributed by atoms with Gasteiger partial charge in [0.2, 0.25) is 5.91 Å². The van der Waals surface area contributed by atoms with Crippen LogP contribution < -0.4 is 5.32 Å². The van der Waals surface area contributed by atoms with Crippen LogP contribution in [-0.2, 0) is 10.4 Å². The van der Waals surface area contributed by atoms with E-state index < -0.39 is 5.60 Å². The number of likely N-dealkylation sites (tertiary alicyclic amines) is 1. The van der Waals surface area contributed by atoms with E-state index in [1.807, 2.05) is 43.1 Å². The van der Waals surface area contributed by atoms with Crippen LogP contribution in [0.4, 0.5) is 0 Å². The monoisotopic (exact) mass is 520 g/mol. The van der Waals surface area contributed by atoms with E-state index in [0.717, 1.165) is 63.1 Å². The van der Waals surface area contributed by atoms with Crippen LogP contribution in [-0.4, -0.2) is 53.8 Å². The molecule has 1 amide bonds. The van der Waals surface area contributed by atoms with E-state index in [1.165, 1.54) is 32.1 Å². The number of rotatable bonds is 13. The number of carbonyl (C=O) groups excluding carboxylic acids is 1. The van der Waals surface area contributed by atoms with Crippen molar-refractivity contribution in [2.75, 3.05) is 26.7 Å². The molecule has 3 N–H and O–H groups in total. The molecule has 204 valence electrons. The summed E-state index contributed by atoms with van der Waals surface area (Å²) in [5.74, 6) is 1.34. The van der Waals surface area contributed by atoms with Crippen molar-refractivity contribution in [3.63, 3.8) is 0 Å². The zero-order valence-corrected chi connectivity index (χ0v) is 23.3. The van der Waals surface area contributed by atoms with Gasteiger partial charge in [-0.15, -0.1) is 0 Å². The number of aliphatic hydroxyl groups is 2. The van der Waals surface area contributed by atoms with Gasteiger partial charge in [0.25, 0.3) is 0 Å². The molecule has 1 saturated heterocycles. The summed E-state index contributed by atoms with van der Waals surface area (Å²) < 4.78 is 0. The molecule has 0 bridgehead atoms. The molecule has 2 aliphatic rings. The van der Waals surface area contributed by atoms with Gasteiger partial charge in [0.1, 0.15) is 0 Å². The first-order chi connectivity index (χ1) is 17.3. The third-order valence-electron chi connectivity index (χ3n) is 8.55. The van der Waals surface area contributed by atoms with Crippen molar-refractivity contribution in [1.82, 2.24) is 10.2 Å². The minimum absolute atomic E-state index is 0.0266. The second-order valence-corrected chi connectivity index (χ2v) is 12.0. The van der Waals surface area contributed by atoms with Crippen LogP contribution in [0.3, 0.4) is 0 Å². The van der Waals surface area contributed by atoms with Crippen LogP contribution in [0.25, 0.3) is 0 Å². The van der Waals surface area contributed by atoms with E-state index in [9.17, 15) is 15.0 Å². The van der Waals surface area contributed by atoms with Gasteiger partial charge in [-0.25, -0.2) is 0 Å². The molecule has 5 nitrogen and oxygen atoms in total. The van der Waals surface area contributed by atoms with Gasteiger partial charge in [-0.2, -0.15) is 0 Å². The van der Waals surface area contributed by atoms with Gasteiger partial charge < -0.3 is 20.4 Å². The molecule has 4 atom stereocenters. The summed E-state index contributed by atoms with van der Waals surface area (Å²) in [6, 6.07) is 7.58. The molecule has 1 aliphatic carbocycles. The Hall–Kier alpha value is -1.14. The number of benzene rings is 1. The highest BCUT2D eigenvalue weighted by Gasteiger charge is 2.41. The summed E-state index contributed by atoms with van der Waals surface area (Å²) in [5.41, 5.74) is -0.189. The predicted octanol–water partition coefficient (Wildman–Crippen LogP) is 5.90. The summed E-state index contributed by atoms with van der Waals surface area (Å²) in [6.45, 7) is 4.06. The fourth-order valence-electron chi connectivity index (χ4n) is 6.57. The van der Waals surface area contributed by atoms with Gasteiger partial charge in [-0.05, 0) is 82.2 Å². The van der Waals surface area contributed by atoms with E-state index in [0.29, 0.717) is 30.3 Å². The first-order valence-electron chi connectivity index (χ1n) is 14.4. The second kappa shape index (κ2) is 14.7. The van der Waals surface area contributed by atoms with Crippen LogP contribution in [0.15, 0.2) is 24.3 Å². The number of halogens is 1. The van der Waals surface area contributed by atoms with E-state index in [1.54, 1.807) is 0 Å². The first kappa shape index (κ1) is 29.4. The molecule has 0 aromatic heterocycles. The number of nitrogens with zero attached hydrogens (tertiary/aromatic N) is 1. The molecule has 1 aromatic rings. The van der Waals surface area contributed by atoms with Gasteiger partial charge in [0, 0.05) is 30.5 Å². The van der Waals surface area contributed by atoms with E-state index in [-0.39, 0.29) is 17.9 Å². The topological polar surface area (TPSA) is 72.8 Å². The molecule has 1 saturated carbocycles. The highest BCUT2D eigenvalue weighted by Crippen LogP contribution is 2.41. The molecule has 1 aliphatic heterocycles. The van der Waals surface area contributed by atoms with Crippen LogP contribution in [0, 0.1) is 17.8 Å². The maximum absolute atomic E-state index is 13.5. The highest BCUT2D eigenvalue weighted by molar-refractivity contribution is 6.30. The Balaban J connectivity index is 1.68. The zero-order chi connectivity index (χ0) is 26.0. The van der Waals surface area contributed by atoms with Crippen LogP contribution in [0.5, 0.6) is 0 Å². The average Bonchev–Trinajstić information content (AvgIpc) is 2.87. The maximum atomic E-state index is 13.5. The van der Waals surface area contributed by atoms with Gasteiger partial charge in [0.15, 0.2) is 0 Å². The molecule has 1 unspecified atom stereocenters. The second-order valence-electron chi connectivity index (χ2n) is 11.6. The van der Waals surface area contributed by atoms with Crippen molar-refractivity contribution in [3.05, 3.63) is 34.9 Å². The SMILES string of the molecule is CNC[C@@H](CC(=O)N1CCC[C@@H]([C@@](O)(CCCCC(C)O)c2cccc(Cl)c2)C1)CC1CCCCC1. The van der Waals surface area contributed by atoms with Crippen LogP contribution >= 0.6 is 11.6 Å². The smallest absolute Gasteiger partial charge is 0.222 e. The summed E-state index contributed by atoms with van der Waals surface area (Å²) >= 11 is 6.32. The standard InChI is InChI=1S/C30H49ClN2O3/c1-23(34)10-6-7-16-30(36,26-13-8-15-28(31)20-26)27-14-9-17-33(22-27)29(35)19-25(21-32-2)18-24-11-4-3-5-12-24/h8,13,15,20,23-25,27,32,34,36H,3-7,9-12,14,16-19,21-22H2,1-2H3/t23?,25-,27-,30-/m1/s1. The number of amides is 1. The number of nitrogens with one attached hydrogen (secondary N) is 1. The third kappa shape index (κ3) is 8.72. The fourth-order valence-corrected chi connectivity index (χ4v) is 6.76. The number of piperidine rings is 1. The average molecular weight is 521 g/mol. The van der Waals surface area contributed by atoms with Crippen molar-refractivity contribution in [2.45, 2.75) is 102 Å². The first-order valence-corrected chi connectivity index (χ1v) is 14.8. The summed E-state index contributed by atoms with van der Waals surface area (Å²) in [6.07, 6.45) is 12.9. The molecule has 2 fully saturated rings. The Morgan fingerprint density at radius 3 is 2.67 bits per heavy atom. The minimum Gasteiger partial charge on any atom is -0.393 e. The van der Waals surface area contributed by atoms with Gasteiger partial charge in [-0.3, -0.25) is 4.79 Å². The maximum Gasteiger partial charge on any atom is 0.222 e. The van der Waals surface area contributed by atoms with Gasteiger partial charge in [0.05, 0.1) is 11.7 Å². The molecule has 0 radical (unpaired) electrons. The third-order valence-corrected chi connectivity index (χ3v) is 8.79. The Kier molecular flexibility index (Phi) is 12.0. The van der Waals surface area contributed by atoms with E-state index in [2.05, 4.69) is 5.32 Å². The summed E-state index contributed by atoms with van der Waals surface area (Å²) in [7, 11) is 1.98. The molecule has 0 spiro atoms. The molecule has 6 heteroatoms. The van der Waals surface area contributed by atoms with E-state index in [4.69, 9.17) is 11.6 Å². The van der Waals surface area contributed by atoms with Crippen molar-refractivity contribution < 1.29 is 15.0 Å². The predicted molar refractivity (Wildman–Crippen MR) is 148 cm³/mol. The van der Waals surface area contributed by atoms with Crippen LogP contribution in [0.1, 0.15) is 96.0 Å². The van der Waals surface area contributed by atoms with Crippen molar-refractivity contribution >= 4 is 17.5 Å². The Labute approximate surface area is 224 Å². The lowest BCUT2D eigenvalue weighted by Gasteiger charge is -2.43. The Bertz CT molecular complexity index is 798. The lowest BCUT2D eigenvalue weighted by Crippen LogP contribution is -2.48. The lowest BCUT2D eigenvalue weighted by atomic mass is 9.74. The number of hydrogen-bond acceptors (Lipinski definition) is 4. The number of carbonyl (C=O) groups is 1. The minimum atomic E-state index is -1.03. The number of unbranched alkanes of at least 4 members (excludes halogenated alkanes) is 1. The van der Waals surface area contributed by atoms with Crippen molar-refractivity contribution in [3.8, 4) is 0 Å². The summed E-state index contributed by atoms with van der Waals surface area (Å²) in [4.78, 5) is 15.5. The Morgan fingerprint density at radius 1 is 1.19 bits per heavy atom. The van der Waals surface area contributed by atoms with Crippen molar-refractivity contribution in [1.29, 1.82) is 0 Å². The zero-order valence-electron chi connectivity index (χ0n) is 22.6. The number of aliphatic hydroxyl groups excluding tert-OH is 1. The van der Waals surface area contributed by atoms with Gasteiger partial charge >= 0.3 is 0 Å². The molecule has 1 heterocycles. The van der Waals surface area contributed by atoms with Crippen LogP contribution in [0.2, 0.25) is 5.02 Å². The van der Waals surface area contributed by atoms with E-state index >= 15 is 0 Å². The fraction of sp³-hybridized carbons (Fsp3) is 0.767. The number of hydrogen-bond donors (Lipinski definition) is 3. The largest absolute Gasteiger partial charge is 0.393 e.